The molecule has 2 rings (SSSR count). The predicted octanol–water partition coefficient (Wildman–Crippen LogP) is 3.71. The van der Waals surface area contributed by atoms with Gasteiger partial charge in [0.15, 0.2) is 5.78 Å². The lowest BCUT2D eigenvalue weighted by molar-refractivity contribution is -0.121. The van der Waals surface area contributed by atoms with Gasteiger partial charge in [-0.25, -0.2) is 0 Å². The van der Waals surface area contributed by atoms with E-state index in [4.69, 9.17) is 0 Å². The summed E-state index contributed by atoms with van der Waals surface area (Å²) in [6, 6.07) is 9.95. The molecule has 1 aromatic heterocycles. The quantitative estimate of drug-likeness (QED) is 0.779. The molecule has 128 valence electrons. The molecule has 4 nitrogen and oxygen atoms in total. The molecule has 0 aliphatic rings. The zero-order chi connectivity index (χ0) is 17.7. The minimum absolute atomic E-state index is 0.0438. The minimum atomic E-state index is -0.0929. The average molecular weight is 344 g/mol. The Hall–Kier alpha value is -2.14. The summed E-state index contributed by atoms with van der Waals surface area (Å²) in [5, 5.41) is 2.87. The standard InChI is InChI=1S/C19H24N2O2S/c1-13-11-17(14(2)24-13)18(22)9-10-19(23)20-12-15-5-7-16(8-6-15)21(3)4/h5-8,11H,9-10,12H2,1-4H3,(H,20,23). The second-order valence-electron chi connectivity index (χ2n) is 6.09. The van der Waals surface area contributed by atoms with E-state index in [2.05, 4.69) is 5.32 Å². The molecule has 0 atom stereocenters. The van der Waals surface area contributed by atoms with Gasteiger partial charge < -0.3 is 10.2 Å². The number of hydrogen-bond donors (Lipinski definition) is 1. The highest BCUT2D eigenvalue weighted by atomic mass is 32.1. The third-order valence-electron chi connectivity index (χ3n) is 3.86. The van der Waals surface area contributed by atoms with Gasteiger partial charge in [0.1, 0.15) is 0 Å². The van der Waals surface area contributed by atoms with Crippen LogP contribution in [0.2, 0.25) is 0 Å². The van der Waals surface area contributed by atoms with Crippen molar-refractivity contribution in [2.75, 3.05) is 19.0 Å². The first-order valence-corrected chi connectivity index (χ1v) is 8.81. The molecule has 1 N–H and O–H groups in total. The number of ketones is 1. The Bertz CT molecular complexity index is 717. The second-order valence-corrected chi connectivity index (χ2v) is 7.55. The number of amides is 1. The summed E-state index contributed by atoms with van der Waals surface area (Å²) in [4.78, 5) is 28.3. The number of aryl methyl sites for hydroxylation is 2. The number of anilines is 1. The summed E-state index contributed by atoms with van der Waals surface area (Å²) >= 11 is 1.62. The van der Waals surface area contributed by atoms with Gasteiger partial charge >= 0.3 is 0 Å². The van der Waals surface area contributed by atoms with Crippen LogP contribution in [0.15, 0.2) is 30.3 Å². The van der Waals surface area contributed by atoms with Gasteiger partial charge in [-0.2, -0.15) is 0 Å². The Morgan fingerprint density at radius 2 is 1.75 bits per heavy atom. The summed E-state index contributed by atoms with van der Waals surface area (Å²) in [7, 11) is 3.98. The molecule has 0 fully saturated rings. The Morgan fingerprint density at radius 1 is 1.08 bits per heavy atom. The van der Waals surface area contributed by atoms with E-state index < -0.39 is 0 Å². The van der Waals surface area contributed by atoms with Crippen molar-refractivity contribution < 1.29 is 9.59 Å². The van der Waals surface area contributed by atoms with E-state index in [1.54, 1.807) is 11.3 Å². The predicted molar refractivity (Wildman–Crippen MR) is 100.0 cm³/mol. The molecule has 0 unspecified atom stereocenters. The molecule has 5 heteroatoms. The summed E-state index contributed by atoms with van der Waals surface area (Å²) in [5.41, 5.74) is 2.92. The second kappa shape index (κ2) is 8.11. The van der Waals surface area contributed by atoms with Crippen molar-refractivity contribution in [3.8, 4) is 0 Å². The third kappa shape index (κ3) is 4.93. The van der Waals surface area contributed by atoms with Crippen LogP contribution < -0.4 is 10.2 Å². The molecule has 0 saturated heterocycles. The van der Waals surface area contributed by atoms with Crippen molar-refractivity contribution in [3.05, 3.63) is 51.2 Å². The summed E-state index contributed by atoms with van der Waals surface area (Å²) in [6.45, 7) is 4.42. The van der Waals surface area contributed by atoms with Gasteiger partial charge in [-0.15, -0.1) is 11.3 Å². The van der Waals surface area contributed by atoms with Crippen molar-refractivity contribution in [2.24, 2.45) is 0 Å². The Balaban J connectivity index is 1.79. The van der Waals surface area contributed by atoms with E-state index in [0.717, 1.165) is 26.6 Å². The van der Waals surface area contributed by atoms with E-state index in [0.29, 0.717) is 6.54 Å². The van der Waals surface area contributed by atoms with Crippen molar-refractivity contribution >= 4 is 28.7 Å². The summed E-state index contributed by atoms with van der Waals surface area (Å²) in [6.07, 6.45) is 0.478. The van der Waals surface area contributed by atoms with Crippen molar-refractivity contribution in [1.82, 2.24) is 5.32 Å². The van der Waals surface area contributed by atoms with Crippen LogP contribution in [0.4, 0.5) is 5.69 Å². The first kappa shape index (κ1) is 18.2. The van der Waals surface area contributed by atoms with Gasteiger partial charge in [-0.3, -0.25) is 9.59 Å². The maximum absolute atomic E-state index is 12.2. The molecule has 0 aliphatic carbocycles. The molecule has 1 heterocycles. The fourth-order valence-corrected chi connectivity index (χ4v) is 3.41. The van der Waals surface area contributed by atoms with Crippen LogP contribution in [0.3, 0.4) is 0 Å². The van der Waals surface area contributed by atoms with Crippen LogP contribution >= 0.6 is 11.3 Å². The maximum atomic E-state index is 12.2. The lowest BCUT2D eigenvalue weighted by Crippen LogP contribution is -2.23. The van der Waals surface area contributed by atoms with E-state index in [-0.39, 0.29) is 24.5 Å². The van der Waals surface area contributed by atoms with Crippen molar-refractivity contribution in [3.63, 3.8) is 0 Å². The fourth-order valence-electron chi connectivity index (χ4n) is 2.47. The Kier molecular flexibility index (Phi) is 6.15. The SMILES string of the molecule is Cc1cc(C(=O)CCC(=O)NCc2ccc(N(C)C)cc2)c(C)s1. The van der Waals surface area contributed by atoms with Gasteiger partial charge in [-0.1, -0.05) is 12.1 Å². The van der Waals surface area contributed by atoms with Gasteiger partial charge in [0.2, 0.25) is 5.91 Å². The van der Waals surface area contributed by atoms with Crippen molar-refractivity contribution in [1.29, 1.82) is 0 Å². The zero-order valence-corrected chi connectivity index (χ0v) is 15.5. The van der Waals surface area contributed by atoms with Crippen LogP contribution in [0.5, 0.6) is 0 Å². The number of nitrogens with zero attached hydrogens (tertiary/aromatic N) is 1. The van der Waals surface area contributed by atoms with Gasteiger partial charge in [-0.05, 0) is 37.6 Å². The van der Waals surface area contributed by atoms with Gasteiger partial charge in [0.25, 0.3) is 0 Å². The largest absolute Gasteiger partial charge is 0.378 e. The smallest absolute Gasteiger partial charge is 0.220 e. The number of hydrogen-bond acceptors (Lipinski definition) is 4. The maximum Gasteiger partial charge on any atom is 0.220 e. The number of benzene rings is 1. The number of Topliss-reactive ketones (excluding diaryl/α,β-unsaturated/α-hetero) is 1. The molecule has 0 saturated carbocycles. The van der Waals surface area contributed by atoms with Crippen LogP contribution in [0.1, 0.15) is 38.5 Å². The fraction of sp³-hybridized carbons (Fsp3) is 0.368. The monoisotopic (exact) mass is 344 g/mol. The first-order chi connectivity index (χ1) is 11.4. The number of nitrogens with one attached hydrogen (secondary N) is 1. The van der Waals surface area contributed by atoms with E-state index in [1.807, 2.05) is 63.2 Å². The number of carbonyl (C=O) groups is 2. The van der Waals surface area contributed by atoms with Gasteiger partial charge in [0.05, 0.1) is 0 Å². The third-order valence-corrected chi connectivity index (χ3v) is 4.83. The van der Waals surface area contributed by atoms with Crippen LogP contribution in [0.25, 0.3) is 0 Å². The zero-order valence-electron chi connectivity index (χ0n) is 14.7. The Labute approximate surface area is 147 Å². The molecule has 0 aliphatic heterocycles. The van der Waals surface area contributed by atoms with Gasteiger partial charge in [0, 0.05) is 54.5 Å². The van der Waals surface area contributed by atoms with Crippen molar-refractivity contribution in [2.45, 2.75) is 33.2 Å². The molecule has 24 heavy (non-hydrogen) atoms. The highest BCUT2D eigenvalue weighted by Gasteiger charge is 2.13. The molecule has 0 radical (unpaired) electrons. The minimum Gasteiger partial charge on any atom is -0.378 e. The summed E-state index contributed by atoms with van der Waals surface area (Å²) in [5.74, 6) is -0.0491. The molecule has 2 aromatic rings. The Morgan fingerprint density at radius 3 is 2.29 bits per heavy atom. The highest BCUT2D eigenvalue weighted by molar-refractivity contribution is 7.12. The molecule has 0 spiro atoms. The highest BCUT2D eigenvalue weighted by Crippen LogP contribution is 2.22. The van der Waals surface area contributed by atoms with E-state index >= 15 is 0 Å². The molecule has 0 bridgehead atoms. The lowest BCUT2D eigenvalue weighted by atomic mass is 10.1. The van der Waals surface area contributed by atoms with E-state index in [1.165, 1.54) is 0 Å². The lowest BCUT2D eigenvalue weighted by Gasteiger charge is -2.12. The summed E-state index contributed by atoms with van der Waals surface area (Å²) < 4.78 is 0. The number of rotatable bonds is 7. The number of thiophene rings is 1. The average Bonchev–Trinajstić information content (AvgIpc) is 2.89. The van der Waals surface area contributed by atoms with Crippen LogP contribution in [-0.2, 0) is 11.3 Å². The molecule has 1 amide bonds. The molecular weight excluding hydrogens is 320 g/mol. The van der Waals surface area contributed by atoms with Crippen LogP contribution in [-0.4, -0.2) is 25.8 Å². The normalized spacial score (nSPS) is 10.5. The van der Waals surface area contributed by atoms with E-state index in [9.17, 15) is 9.59 Å². The van der Waals surface area contributed by atoms with Crippen LogP contribution in [0, 0.1) is 13.8 Å². The topological polar surface area (TPSA) is 49.4 Å². The molecular formula is C19H24N2O2S. The first-order valence-electron chi connectivity index (χ1n) is 8.00. The molecule has 1 aromatic carbocycles. The number of carbonyl (C=O) groups excluding carboxylic acids is 2.